The lowest BCUT2D eigenvalue weighted by Crippen LogP contribution is -2.31. The second-order valence-corrected chi connectivity index (χ2v) is 7.77. The number of nitrogens with zero attached hydrogens (tertiary/aromatic N) is 1. The number of fused-ring (bicyclic) bond motifs is 1. The lowest BCUT2D eigenvalue weighted by Gasteiger charge is -2.30. The molecule has 2 aromatic carbocycles. The summed E-state index contributed by atoms with van der Waals surface area (Å²) in [5, 5.41) is 4.32. The molecule has 0 aromatic heterocycles. The van der Waals surface area contributed by atoms with Crippen molar-refractivity contribution in [1.29, 1.82) is 0 Å². The predicted octanol–water partition coefficient (Wildman–Crippen LogP) is 3.84. The first kappa shape index (κ1) is 20.8. The van der Waals surface area contributed by atoms with E-state index >= 15 is 0 Å². The number of hydrogen-bond acceptors (Lipinski definition) is 5. The standard InChI is InChI=1S/C22H29ClN2O3/c1-14-10-16(23)12-18(22(14)27-5)21-17-13-20(28-9-8-25(2)3)19(26-4)11-15(17)6-7-24-21/h10-13,21,24H,6-9H2,1-5H3. The zero-order valence-electron chi connectivity index (χ0n) is 17.3. The molecule has 0 spiro atoms. The Morgan fingerprint density at radius 2 is 1.86 bits per heavy atom. The number of nitrogens with one attached hydrogen (secondary N) is 1. The maximum atomic E-state index is 6.37. The van der Waals surface area contributed by atoms with Crippen LogP contribution in [0.25, 0.3) is 0 Å². The van der Waals surface area contributed by atoms with Crippen molar-refractivity contribution in [2.45, 2.75) is 19.4 Å². The number of methoxy groups -OCH3 is 2. The van der Waals surface area contributed by atoms with Gasteiger partial charge in [-0.25, -0.2) is 0 Å². The van der Waals surface area contributed by atoms with Gasteiger partial charge < -0.3 is 24.4 Å². The molecule has 3 rings (SSSR count). The van der Waals surface area contributed by atoms with Gasteiger partial charge in [0.05, 0.1) is 20.3 Å². The van der Waals surface area contributed by atoms with E-state index < -0.39 is 0 Å². The fraction of sp³-hybridized carbons (Fsp3) is 0.455. The molecule has 28 heavy (non-hydrogen) atoms. The van der Waals surface area contributed by atoms with Crippen LogP contribution < -0.4 is 19.5 Å². The van der Waals surface area contributed by atoms with Crippen LogP contribution in [0.3, 0.4) is 0 Å². The summed E-state index contributed by atoms with van der Waals surface area (Å²) in [6.45, 7) is 4.32. The largest absolute Gasteiger partial charge is 0.496 e. The minimum atomic E-state index is -0.0156. The first-order valence-corrected chi connectivity index (χ1v) is 9.88. The third-order valence-electron chi connectivity index (χ3n) is 5.06. The molecular weight excluding hydrogens is 376 g/mol. The molecule has 0 saturated carbocycles. The number of benzene rings is 2. The number of halogens is 1. The maximum absolute atomic E-state index is 6.37. The molecule has 5 nitrogen and oxygen atoms in total. The third-order valence-corrected chi connectivity index (χ3v) is 5.28. The fourth-order valence-corrected chi connectivity index (χ4v) is 3.98. The molecule has 1 aliphatic heterocycles. The lowest BCUT2D eigenvalue weighted by atomic mass is 9.88. The van der Waals surface area contributed by atoms with Gasteiger partial charge in [0.1, 0.15) is 12.4 Å². The average Bonchev–Trinajstić information content (AvgIpc) is 2.66. The minimum absolute atomic E-state index is 0.0156. The molecule has 1 atom stereocenters. The topological polar surface area (TPSA) is 43.0 Å². The summed E-state index contributed by atoms with van der Waals surface area (Å²) in [6, 6.07) is 8.08. The highest BCUT2D eigenvalue weighted by atomic mass is 35.5. The summed E-state index contributed by atoms with van der Waals surface area (Å²) in [4.78, 5) is 2.09. The van der Waals surface area contributed by atoms with E-state index in [1.807, 2.05) is 33.2 Å². The monoisotopic (exact) mass is 404 g/mol. The zero-order chi connectivity index (χ0) is 20.3. The Kier molecular flexibility index (Phi) is 6.70. The van der Waals surface area contributed by atoms with E-state index in [9.17, 15) is 0 Å². The van der Waals surface area contributed by atoms with Crippen molar-refractivity contribution in [1.82, 2.24) is 10.2 Å². The molecule has 0 fully saturated rings. The van der Waals surface area contributed by atoms with Crippen LogP contribution in [-0.2, 0) is 6.42 Å². The minimum Gasteiger partial charge on any atom is -0.496 e. The fourth-order valence-electron chi connectivity index (χ4n) is 3.70. The van der Waals surface area contributed by atoms with Crippen molar-refractivity contribution in [2.24, 2.45) is 0 Å². The number of likely N-dealkylation sites (N-methyl/N-ethyl adjacent to an activating group) is 1. The summed E-state index contributed by atoms with van der Waals surface area (Å²) < 4.78 is 17.3. The highest BCUT2D eigenvalue weighted by molar-refractivity contribution is 6.30. The number of aryl methyl sites for hydroxylation is 1. The Morgan fingerprint density at radius 3 is 2.54 bits per heavy atom. The van der Waals surface area contributed by atoms with E-state index in [0.717, 1.165) is 47.9 Å². The van der Waals surface area contributed by atoms with Gasteiger partial charge in [0.15, 0.2) is 11.5 Å². The van der Waals surface area contributed by atoms with Crippen molar-refractivity contribution in [3.05, 3.63) is 51.5 Å². The Labute approximate surface area is 172 Å². The highest BCUT2D eigenvalue weighted by Gasteiger charge is 2.27. The molecule has 1 N–H and O–H groups in total. The summed E-state index contributed by atoms with van der Waals surface area (Å²) in [5.41, 5.74) is 4.49. The van der Waals surface area contributed by atoms with Crippen LogP contribution in [-0.4, -0.2) is 52.9 Å². The van der Waals surface area contributed by atoms with Gasteiger partial charge in [-0.2, -0.15) is 0 Å². The number of hydrogen-bond donors (Lipinski definition) is 1. The quantitative estimate of drug-likeness (QED) is 0.759. The van der Waals surface area contributed by atoms with E-state index in [1.165, 1.54) is 11.1 Å². The maximum Gasteiger partial charge on any atom is 0.161 e. The first-order chi connectivity index (χ1) is 13.4. The zero-order valence-corrected chi connectivity index (χ0v) is 18.0. The van der Waals surface area contributed by atoms with E-state index in [1.54, 1.807) is 14.2 Å². The third kappa shape index (κ3) is 4.37. The molecule has 152 valence electrons. The van der Waals surface area contributed by atoms with E-state index in [0.29, 0.717) is 11.6 Å². The lowest BCUT2D eigenvalue weighted by molar-refractivity contribution is 0.250. The number of ether oxygens (including phenoxy) is 3. The van der Waals surface area contributed by atoms with Crippen LogP contribution in [0.4, 0.5) is 0 Å². The van der Waals surface area contributed by atoms with Crippen LogP contribution >= 0.6 is 11.6 Å². The molecule has 1 aliphatic rings. The van der Waals surface area contributed by atoms with Gasteiger partial charge in [-0.3, -0.25) is 0 Å². The summed E-state index contributed by atoms with van der Waals surface area (Å²) in [5.74, 6) is 2.39. The predicted molar refractivity (Wildman–Crippen MR) is 113 cm³/mol. The van der Waals surface area contributed by atoms with E-state index in [-0.39, 0.29) is 6.04 Å². The van der Waals surface area contributed by atoms with Gasteiger partial charge in [0.2, 0.25) is 0 Å². The molecule has 6 heteroatoms. The van der Waals surface area contributed by atoms with Gasteiger partial charge in [0.25, 0.3) is 0 Å². The van der Waals surface area contributed by atoms with E-state index in [2.05, 4.69) is 22.3 Å². The average molecular weight is 405 g/mol. The normalized spacial score (nSPS) is 16.0. The van der Waals surface area contributed by atoms with E-state index in [4.69, 9.17) is 25.8 Å². The molecule has 0 aliphatic carbocycles. The SMILES string of the molecule is COc1cc2c(cc1OCCN(C)C)C(c1cc(Cl)cc(C)c1OC)NCC2. The second-order valence-electron chi connectivity index (χ2n) is 7.34. The molecule has 0 amide bonds. The van der Waals surface area contributed by atoms with Gasteiger partial charge >= 0.3 is 0 Å². The molecular formula is C22H29ClN2O3. The molecule has 2 aromatic rings. The van der Waals surface area contributed by atoms with Gasteiger partial charge in [-0.15, -0.1) is 0 Å². The number of rotatable bonds is 7. The molecule has 0 bridgehead atoms. The van der Waals surface area contributed by atoms with Crippen molar-refractivity contribution in [3.63, 3.8) is 0 Å². The smallest absolute Gasteiger partial charge is 0.161 e. The molecule has 1 unspecified atom stereocenters. The van der Waals surface area contributed by atoms with Crippen molar-refractivity contribution in [3.8, 4) is 17.2 Å². The highest BCUT2D eigenvalue weighted by Crippen LogP contribution is 2.41. The van der Waals surface area contributed by atoms with Crippen molar-refractivity contribution < 1.29 is 14.2 Å². The van der Waals surface area contributed by atoms with Crippen LogP contribution in [0.5, 0.6) is 17.2 Å². The van der Waals surface area contributed by atoms with Crippen LogP contribution in [0, 0.1) is 6.92 Å². The van der Waals surface area contributed by atoms with Crippen molar-refractivity contribution in [2.75, 3.05) is 48.0 Å². The Morgan fingerprint density at radius 1 is 1.07 bits per heavy atom. The first-order valence-electron chi connectivity index (χ1n) is 9.50. The van der Waals surface area contributed by atoms with Crippen LogP contribution in [0.1, 0.15) is 28.3 Å². The molecule has 0 saturated heterocycles. The molecule has 1 heterocycles. The van der Waals surface area contributed by atoms with Gasteiger partial charge in [0, 0.05) is 23.7 Å². The van der Waals surface area contributed by atoms with Gasteiger partial charge in [-0.1, -0.05) is 11.6 Å². The summed E-state index contributed by atoms with van der Waals surface area (Å²) >= 11 is 6.37. The van der Waals surface area contributed by atoms with Crippen LogP contribution in [0.2, 0.25) is 5.02 Å². The Hall–Kier alpha value is -1.95. The summed E-state index contributed by atoms with van der Waals surface area (Å²) in [7, 11) is 7.44. The molecule has 0 radical (unpaired) electrons. The second kappa shape index (κ2) is 9.03. The van der Waals surface area contributed by atoms with Gasteiger partial charge in [-0.05, 0) is 68.4 Å². The Bertz CT molecular complexity index is 839. The van der Waals surface area contributed by atoms with Crippen LogP contribution in [0.15, 0.2) is 24.3 Å². The Balaban J connectivity index is 2.03. The summed E-state index contributed by atoms with van der Waals surface area (Å²) in [6.07, 6.45) is 0.933. The van der Waals surface area contributed by atoms with Crippen molar-refractivity contribution >= 4 is 11.6 Å².